The second kappa shape index (κ2) is 8.52. The SMILES string of the molecule is N#Cc1cc(-c2n[nH]c3cc(F)c(O[C@H](N)c4c(Cl)cncc4Cl)cc23)ccc1N1CCC1. The summed E-state index contributed by atoms with van der Waals surface area (Å²) < 4.78 is 20.4. The number of H-pyrrole nitrogens is 1. The van der Waals surface area contributed by atoms with Crippen molar-refractivity contribution in [3.05, 3.63) is 69.7 Å². The van der Waals surface area contributed by atoms with Crippen LogP contribution in [0.4, 0.5) is 10.1 Å². The molecule has 2 aromatic carbocycles. The van der Waals surface area contributed by atoms with E-state index in [4.69, 9.17) is 33.7 Å². The van der Waals surface area contributed by atoms with Crippen LogP contribution in [-0.2, 0) is 0 Å². The van der Waals surface area contributed by atoms with Crippen LogP contribution in [0.2, 0.25) is 10.0 Å². The molecule has 3 heterocycles. The number of pyridine rings is 1. The Morgan fingerprint density at radius 2 is 1.94 bits per heavy atom. The molecular weight excluding hydrogens is 466 g/mol. The van der Waals surface area contributed by atoms with Crippen molar-refractivity contribution in [2.75, 3.05) is 18.0 Å². The van der Waals surface area contributed by atoms with Crippen molar-refractivity contribution in [3.63, 3.8) is 0 Å². The van der Waals surface area contributed by atoms with E-state index >= 15 is 0 Å². The molecule has 0 saturated carbocycles. The highest BCUT2D eigenvalue weighted by atomic mass is 35.5. The van der Waals surface area contributed by atoms with Crippen LogP contribution in [-0.4, -0.2) is 28.3 Å². The number of anilines is 1. The van der Waals surface area contributed by atoms with Crippen LogP contribution in [0.1, 0.15) is 23.8 Å². The molecule has 0 bridgehead atoms. The van der Waals surface area contributed by atoms with E-state index in [0.29, 0.717) is 27.7 Å². The lowest BCUT2D eigenvalue weighted by molar-refractivity contribution is 0.205. The van der Waals surface area contributed by atoms with E-state index in [1.54, 1.807) is 6.07 Å². The summed E-state index contributed by atoms with van der Waals surface area (Å²) in [6, 6.07) is 10.7. The highest BCUT2D eigenvalue weighted by Gasteiger charge is 2.22. The number of nitrogens with two attached hydrogens (primary N) is 1. The monoisotopic (exact) mass is 482 g/mol. The second-order valence-electron chi connectivity index (χ2n) is 7.64. The van der Waals surface area contributed by atoms with Crippen molar-refractivity contribution < 1.29 is 9.13 Å². The van der Waals surface area contributed by atoms with Crippen LogP contribution in [0, 0.1) is 17.1 Å². The van der Waals surface area contributed by atoms with Gasteiger partial charge < -0.3 is 9.64 Å². The zero-order chi connectivity index (χ0) is 23.1. The number of fused-ring (bicyclic) bond motifs is 1. The van der Waals surface area contributed by atoms with Gasteiger partial charge in [-0.05, 0) is 24.6 Å². The molecule has 1 aliphatic heterocycles. The van der Waals surface area contributed by atoms with Gasteiger partial charge in [-0.3, -0.25) is 15.8 Å². The van der Waals surface area contributed by atoms with Gasteiger partial charge >= 0.3 is 0 Å². The molecule has 0 aliphatic carbocycles. The lowest BCUT2D eigenvalue weighted by Crippen LogP contribution is -2.37. The minimum absolute atomic E-state index is 0.0840. The molecule has 0 amide bonds. The first kappa shape index (κ1) is 21.5. The molecule has 0 radical (unpaired) electrons. The van der Waals surface area contributed by atoms with Crippen LogP contribution in [0.5, 0.6) is 5.75 Å². The fraction of sp³-hybridized carbons (Fsp3) is 0.174. The van der Waals surface area contributed by atoms with Crippen molar-refractivity contribution in [1.29, 1.82) is 5.26 Å². The number of nitriles is 1. The summed E-state index contributed by atoms with van der Waals surface area (Å²) in [7, 11) is 0. The normalized spacial score (nSPS) is 14.1. The molecule has 0 unspecified atom stereocenters. The Morgan fingerprint density at radius 1 is 1.18 bits per heavy atom. The van der Waals surface area contributed by atoms with Crippen molar-refractivity contribution in [2.45, 2.75) is 12.6 Å². The molecule has 166 valence electrons. The van der Waals surface area contributed by atoms with Crippen molar-refractivity contribution >= 4 is 39.8 Å². The van der Waals surface area contributed by atoms with Gasteiger partial charge in [0.05, 0.1) is 26.8 Å². The molecule has 2 aromatic heterocycles. The van der Waals surface area contributed by atoms with E-state index in [1.165, 1.54) is 24.5 Å². The van der Waals surface area contributed by atoms with Gasteiger partial charge in [0, 0.05) is 48.1 Å². The number of ether oxygens (including phenoxy) is 1. The highest BCUT2D eigenvalue weighted by Crippen LogP contribution is 2.36. The molecule has 3 N–H and O–H groups in total. The summed E-state index contributed by atoms with van der Waals surface area (Å²) in [5.41, 5.74) is 9.66. The number of rotatable bonds is 5. The minimum atomic E-state index is -1.11. The standard InChI is InChI=1S/C23H17Cl2FN6O/c24-15-10-29-11-16(25)21(15)23(28)33-20-7-14-18(8-17(20)26)30-31-22(14)12-2-3-19(13(6-12)9-27)32-4-1-5-32/h2-3,6-8,10-11,23H,1,4-5,28H2,(H,30,31)/t23-/m0/s1. The number of benzene rings is 2. The molecule has 10 heteroatoms. The van der Waals surface area contributed by atoms with Gasteiger partial charge in [-0.2, -0.15) is 10.4 Å². The molecule has 7 nitrogen and oxygen atoms in total. The van der Waals surface area contributed by atoms with Gasteiger partial charge in [-0.1, -0.05) is 29.3 Å². The van der Waals surface area contributed by atoms with Gasteiger partial charge in [-0.15, -0.1) is 0 Å². The molecule has 4 aromatic rings. The van der Waals surface area contributed by atoms with E-state index in [-0.39, 0.29) is 15.8 Å². The quantitative estimate of drug-likeness (QED) is 0.379. The highest BCUT2D eigenvalue weighted by molar-refractivity contribution is 6.35. The van der Waals surface area contributed by atoms with Crippen LogP contribution in [0.25, 0.3) is 22.2 Å². The first-order valence-corrected chi connectivity index (χ1v) is 10.9. The van der Waals surface area contributed by atoms with E-state index in [2.05, 4.69) is 26.2 Å². The maximum absolute atomic E-state index is 14.8. The Labute approximate surface area is 198 Å². The molecule has 0 spiro atoms. The van der Waals surface area contributed by atoms with Gasteiger partial charge in [0.2, 0.25) is 0 Å². The summed E-state index contributed by atoms with van der Waals surface area (Å²) in [6.07, 6.45) is 2.77. The lowest BCUT2D eigenvalue weighted by Gasteiger charge is -2.33. The van der Waals surface area contributed by atoms with Crippen molar-refractivity contribution in [3.8, 4) is 23.1 Å². The Bertz CT molecular complexity index is 1390. The first-order chi connectivity index (χ1) is 16.0. The number of nitrogens with one attached hydrogen (secondary N) is 1. The summed E-state index contributed by atoms with van der Waals surface area (Å²) in [6.45, 7) is 1.87. The zero-order valence-corrected chi connectivity index (χ0v) is 18.7. The summed E-state index contributed by atoms with van der Waals surface area (Å²) >= 11 is 12.3. The fourth-order valence-corrected chi connectivity index (χ4v) is 4.40. The van der Waals surface area contributed by atoms with Crippen LogP contribution < -0.4 is 15.4 Å². The maximum atomic E-state index is 14.8. The average molecular weight is 483 g/mol. The first-order valence-electron chi connectivity index (χ1n) is 10.1. The summed E-state index contributed by atoms with van der Waals surface area (Å²) in [4.78, 5) is 6.04. The fourth-order valence-electron chi connectivity index (χ4n) is 3.82. The zero-order valence-electron chi connectivity index (χ0n) is 17.1. The van der Waals surface area contributed by atoms with E-state index in [9.17, 15) is 9.65 Å². The van der Waals surface area contributed by atoms with Gasteiger partial charge in [0.15, 0.2) is 17.8 Å². The molecule has 1 aliphatic rings. The van der Waals surface area contributed by atoms with E-state index in [1.807, 2.05) is 12.1 Å². The van der Waals surface area contributed by atoms with E-state index in [0.717, 1.165) is 30.8 Å². The number of aromatic nitrogens is 3. The number of hydrogen-bond donors (Lipinski definition) is 2. The summed E-state index contributed by atoms with van der Waals surface area (Å²) in [5.74, 6) is -0.709. The predicted molar refractivity (Wildman–Crippen MR) is 125 cm³/mol. The number of halogens is 3. The third-order valence-electron chi connectivity index (χ3n) is 5.63. The van der Waals surface area contributed by atoms with Crippen LogP contribution in [0.15, 0.2) is 42.7 Å². The van der Waals surface area contributed by atoms with E-state index < -0.39 is 12.0 Å². The van der Waals surface area contributed by atoms with Gasteiger partial charge in [0.25, 0.3) is 0 Å². The van der Waals surface area contributed by atoms with Crippen LogP contribution >= 0.6 is 23.2 Å². The smallest absolute Gasteiger partial charge is 0.177 e. The van der Waals surface area contributed by atoms with Gasteiger partial charge in [-0.25, -0.2) is 4.39 Å². The van der Waals surface area contributed by atoms with Crippen molar-refractivity contribution in [1.82, 2.24) is 15.2 Å². The lowest BCUT2D eigenvalue weighted by atomic mass is 10.0. The molecule has 1 atom stereocenters. The summed E-state index contributed by atoms with van der Waals surface area (Å²) in [5, 5.41) is 17.9. The predicted octanol–water partition coefficient (Wildman–Crippen LogP) is 5.19. The Kier molecular flexibility index (Phi) is 5.54. The topological polar surface area (TPSA) is 104 Å². The number of aromatic amines is 1. The van der Waals surface area contributed by atoms with Crippen molar-refractivity contribution in [2.24, 2.45) is 5.73 Å². The molecule has 33 heavy (non-hydrogen) atoms. The Hall–Kier alpha value is -3.38. The third kappa shape index (κ3) is 3.85. The molecular formula is C23H17Cl2FN6O. The largest absolute Gasteiger partial charge is 0.468 e. The number of hydrogen-bond acceptors (Lipinski definition) is 6. The number of nitrogens with zero attached hydrogens (tertiary/aromatic N) is 4. The van der Waals surface area contributed by atoms with Gasteiger partial charge in [0.1, 0.15) is 11.8 Å². The molecule has 5 rings (SSSR count). The Balaban J connectivity index is 1.53. The maximum Gasteiger partial charge on any atom is 0.177 e. The van der Waals surface area contributed by atoms with Crippen LogP contribution in [0.3, 0.4) is 0 Å². The average Bonchev–Trinajstić information content (AvgIpc) is 3.15. The molecule has 1 saturated heterocycles. The molecule has 1 fully saturated rings. The third-order valence-corrected chi connectivity index (χ3v) is 6.23. The Morgan fingerprint density at radius 3 is 2.61 bits per heavy atom. The second-order valence-corrected chi connectivity index (χ2v) is 8.45. The minimum Gasteiger partial charge on any atom is -0.468 e.